The molecule has 1 atom stereocenters. The van der Waals surface area contributed by atoms with Crippen molar-refractivity contribution in [2.45, 2.75) is 45.8 Å². The van der Waals surface area contributed by atoms with Crippen molar-refractivity contribution < 1.29 is 0 Å². The lowest BCUT2D eigenvalue weighted by Crippen LogP contribution is -2.35. The first-order chi connectivity index (χ1) is 9.24. The number of hydrogen-bond acceptors (Lipinski definition) is 4. The van der Waals surface area contributed by atoms with Crippen molar-refractivity contribution in [3.05, 3.63) is 22.8 Å². The minimum Gasteiger partial charge on any atom is -0.356 e. The molecule has 0 aromatic carbocycles. The highest BCUT2D eigenvalue weighted by Crippen LogP contribution is 2.22. The molecule has 0 spiro atoms. The molecule has 0 aliphatic carbocycles. The van der Waals surface area contributed by atoms with E-state index in [0.29, 0.717) is 6.04 Å². The molecule has 5 heteroatoms. The molecular weight excluding hydrogens is 290 g/mol. The van der Waals surface area contributed by atoms with Crippen LogP contribution >= 0.6 is 23.4 Å². The third-order valence-corrected chi connectivity index (χ3v) is 4.32. The molecule has 0 saturated heterocycles. The Hall–Kier alpha value is -0.450. The third kappa shape index (κ3) is 5.51. The molecule has 1 N–H and O–H groups in total. The molecule has 3 nitrogen and oxygen atoms in total. The van der Waals surface area contributed by atoms with E-state index in [1.807, 2.05) is 11.8 Å². The molecule has 0 aliphatic heterocycles. The Morgan fingerprint density at radius 1 is 1.45 bits per heavy atom. The number of thioether (sulfide) groups is 1. The van der Waals surface area contributed by atoms with Gasteiger partial charge in [-0.1, -0.05) is 11.6 Å². The Kier molecular flexibility index (Phi) is 6.62. The summed E-state index contributed by atoms with van der Waals surface area (Å²) in [7, 11) is 2.08. The van der Waals surface area contributed by atoms with Gasteiger partial charge < -0.3 is 10.2 Å². The molecule has 0 saturated carbocycles. The summed E-state index contributed by atoms with van der Waals surface area (Å²) in [5.74, 6) is 2.05. The van der Waals surface area contributed by atoms with E-state index in [-0.39, 0.29) is 5.54 Å². The van der Waals surface area contributed by atoms with Gasteiger partial charge in [-0.2, -0.15) is 11.8 Å². The van der Waals surface area contributed by atoms with E-state index in [1.165, 1.54) is 0 Å². The number of pyridine rings is 1. The van der Waals surface area contributed by atoms with E-state index in [2.05, 4.69) is 62.3 Å². The maximum absolute atomic E-state index is 6.25. The highest BCUT2D eigenvalue weighted by Gasteiger charge is 2.14. The van der Waals surface area contributed by atoms with Crippen LogP contribution in [0.5, 0.6) is 0 Å². The van der Waals surface area contributed by atoms with Gasteiger partial charge in [-0.15, -0.1) is 0 Å². The van der Waals surface area contributed by atoms with Crippen molar-refractivity contribution >= 4 is 29.2 Å². The summed E-state index contributed by atoms with van der Waals surface area (Å²) in [6, 6.07) is 2.53. The molecule has 0 bridgehead atoms. The molecule has 20 heavy (non-hydrogen) atoms. The number of nitrogens with zero attached hydrogens (tertiary/aromatic N) is 2. The average Bonchev–Trinajstić information content (AvgIpc) is 2.36. The highest BCUT2D eigenvalue weighted by molar-refractivity contribution is 7.98. The second-order valence-corrected chi connectivity index (χ2v) is 7.47. The Balaban J connectivity index is 2.85. The first kappa shape index (κ1) is 17.6. The summed E-state index contributed by atoms with van der Waals surface area (Å²) in [5, 5.41) is 4.18. The van der Waals surface area contributed by atoms with E-state index in [9.17, 15) is 0 Å². The summed E-state index contributed by atoms with van der Waals surface area (Å²) < 4.78 is 0. The first-order valence-electron chi connectivity index (χ1n) is 6.86. The quantitative estimate of drug-likeness (QED) is 0.864. The van der Waals surface area contributed by atoms with Gasteiger partial charge in [-0.25, -0.2) is 4.98 Å². The topological polar surface area (TPSA) is 28.2 Å². The molecule has 1 unspecified atom stereocenters. The monoisotopic (exact) mass is 315 g/mol. The van der Waals surface area contributed by atoms with Crippen LogP contribution in [0.4, 0.5) is 5.82 Å². The summed E-state index contributed by atoms with van der Waals surface area (Å²) in [6.07, 6.45) is 3.87. The fourth-order valence-corrected chi connectivity index (χ4v) is 2.61. The largest absolute Gasteiger partial charge is 0.356 e. The van der Waals surface area contributed by atoms with Crippen LogP contribution in [0.3, 0.4) is 0 Å². The molecule has 0 aliphatic rings. The summed E-state index contributed by atoms with van der Waals surface area (Å²) in [5.41, 5.74) is 1.17. The van der Waals surface area contributed by atoms with Crippen molar-refractivity contribution in [1.29, 1.82) is 0 Å². The van der Waals surface area contributed by atoms with Gasteiger partial charge >= 0.3 is 0 Å². The van der Waals surface area contributed by atoms with Gasteiger partial charge in [0.05, 0.1) is 5.02 Å². The fourth-order valence-electron chi connectivity index (χ4n) is 1.74. The van der Waals surface area contributed by atoms with Crippen LogP contribution in [0.25, 0.3) is 0 Å². The first-order valence-corrected chi connectivity index (χ1v) is 8.63. The number of rotatable bonds is 6. The predicted molar refractivity (Wildman–Crippen MR) is 92.1 cm³/mol. The molecule has 114 valence electrons. The molecule has 0 radical (unpaired) electrons. The minimum atomic E-state index is 0.0742. The van der Waals surface area contributed by atoms with Gasteiger partial charge in [0, 0.05) is 37.1 Å². The number of hydrogen-bond donors (Lipinski definition) is 1. The molecule has 0 amide bonds. The maximum Gasteiger partial charge on any atom is 0.128 e. The highest BCUT2D eigenvalue weighted by atomic mass is 35.5. The molecule has 1 heterocycles. The SMILES string of the molecule is CSCC(C)N(C)c1cc(CNC(C)(C)C)c(Cl)cn1. The van der Waals surface area contributed by atoms with Gasteiger partial charge in [-0.05, 0) is 45.6 Å². The Morgan fingerprint density at radius 3 is 2.65 bits per heavy atom. The molecule has 0 fully saturated rings. The number of nitrogens with one attached hydrogen (secondary N) is 1. The van der Waals surface area contributed by atoms with E-state index in [1.54, 1.807) is 6.20 Å². The molecule has 1 aromatic heterocycles. The lowest BCUT2D eigenvalue weighted by molar-refractivity contribution is 0.424. The predicted octanol–water partition coefficient (Wildman–Crippen LogP) is 3.81. The van der Waals surface area contributed by atoms with Crippen LogP contribution in [0, 0.1) is 0 Å². The van der Waals surface area contributed by atoms with Crippen LogP contribution < -0.4 is 10.2 Å². The normalized spacial score (nSPS) is 13.3. The van der Waals surface area contributed by atoms with Crippen molar-refractivity contribution in [2.24, 2.45) is 0 Å². The van der Waals surface area contributed by atoms with E-state index in [4.69, 9.17) is 11.6 Å². The summed E-state index contributed by atoms with van der Waals surface area (Å²) in [6.45, 7) is 9.41. The van der Waals surface area contributed by atoms with Crippen molar-refractivity contribution in [1.82, 2.24) is 10.3 Å². The van der Waals surface area contributed by atoms with E-state index >= 15 is 0 Å². The van der Waals surface area contributed by atoms with Gasteiger partial charge in [0.2, 0.25) is 0 Å². The second kappa shape index (κ2) is 7.53. The molecule has 1 aromatic rings. The van der Waals surface area contributed by atoms with Crippen molar-refractivity contribution in [3.63, 3.8) is 0 Å². The zero-order valence-corrected chi connectivity index (χ0v) is 14.9. The zero-order chi connectivity index (χ0) is 15.3. The standard InChI is InChI=1S/C15H26ClN3S/c1-11(10-20-6)19(5)14-7-12(13(16)9-17-14)8-18-15(2,3)4/h7,9,11,18H,8,10H2,1-6H3. The Bertz CT molecular complexity index is 432. The number of anilines is 1. The number of aromatic nitrogens is 1. The van der Waals surface area contributed by atoms with Crippen LogP contribution in [-0.4, -0.2) is 35.6 Å². The van der Waals surface area contributed by atoms with Crippen molar-refractivity contribution in [2.75, 3.05) is 24.0 Å². The van der Waals surface area contributed by atoms with Crippen molar-refractivity contribution in [3.8, 4) is 0 Å². The smallest absolute Gasteiger partial charge is 0.128 e. The minimum absolute atomic E-state index is 0.0742. The van der Waals surface area contributed by atoms with Crippen LogP contribution in [0.2, 0.25) is 5.02 Å². The third-order valence-electron chi connectivity index (χ3n) is 3.16. The van der Waals surface area contributed by atoms with Crippen LogP contribution in [0.15, 0.2) is 12.3 Å². The molecule has 1 rings (SSSR count). The zero-order valence-electron chi connectivity index (χ0n) is 13.3. The lowest BCUT2D eigenvalue weighted by atomic mass is 10.1. The van der Waals surface area contributed by atoms with Gasteiger partial charge in [0.25, 0.3) is 0 Å². The Labute approximate surface area is 132 Å². The van der Waals surface area contributed by atoms with E-state index < -0.39 is 0 Å². The van der Waals surface area contributed by atoms with Gasteiger partial charge in [-0.3, -0.25) is 0 Å². The molecular formula is C15H26ClN3S. The maximum atomic E-state index is 6.25. The average molecular weight is 316 g/mol. The summed E-state index contributed by atoms with van der Waals surface area (Å²) in [4.78, 5) is 6.65. The summed E-state index contributed by atoms with van der Waals surface area (Å²) >= 11 is 8.09. The van der Waals surface area contributed by atoms with Crippen LogP contribution in [0.1, 0.15) is 33.3 Å². The number of halogens is 1. The van der Waals surface area contributed by atoms with Gasteiger partial charge in [0.1, 0.15) is 5.82 Å². The van der Waals surface area contributed by atoms with E-state index in [0.717, 1.165) is 28.7 Å². The lowest BCUT2D eigenvalue weighted by Gasteiger charge is -2.26. The second-order valence-electron chi connectivity index (χ2n) is 6.15. The van der Waals surface area contributed by atoms with Crippen LogP contribution in [-0.2, 0) is 6.54 Å². The Morgan fingerprint density at radius 2 is 2.10 bits per heavy atom. The fraction of sp³-hybridized carbons (Fsp3) is 0.667. The van der Waals surface area contributed by atoms with Gasteiger partial charge in [0.15, 0.2) is 0 Å².